The van der Waals surface area contributed by atoms with Crippen LogP contribution in [0.3, 0.4) is 0 Å². The summed E-state index contributed by atoms with van der Waals surface area (Å²) in [5, 5.41) is 15.4. The molecule has 1 heterocycles. The lowest BCUT2D eigenvalue weighted by Crippen LogP contribution is -2.30. The molecule has 0 radical (unpaired) electrons. The number of hydrogen-bond acceptors (Lipinski definition) is 3. The zero-order valence-corrected chi connectivity index (χ0v) is 10.9. The lowest BCUT2D eigenvalue weighted by atomic mass is 9.93. The Kier molecular flexibility index (Phi) is 3.67. The van der Waals surface area contributed by atoms with Crippen LogP contribution in [0.1, 0.15) is 49.6 Å². The third-order valence-corrected chi connectivity index (χ3v) is 4.18. The Labute approximate surface area is 102 Å². The van der Waals surface area contributed by atoms with Crippen LogP contribution >= 0.6 is 11.3 Å². The molecule has 2 N–H and O–H groups in total. The van der Waals surface area contributed by atoms with Gasteiger partial charge < -0.3 is 10.4 Å². The van der Waals surface area contributed by atoms with Gasteiger partial charge in [-0.15, -0.1) is 11.3 Å². The number of rotatable bonds is 4. The average Bonchev–Trinajstić information content (AvgIpc) is 2.64. The number of aryl methyl sites for hydroxylation is 1. The monoisotopic (exact) mass is 239 g/mol. The van der Waals surface area contributed by atoms with Gasteiger partial charge in [-0.1, -0.05) is 0 Å². The molecule has 1 aliphatic carbocycles. The molecule has 1 aromatic heterocycles. The standard InChI is InChI=1S/C13H21NOS/c1-13(2,15)7-8-14-11-4-3-5-12-10(11)6-9-16-12/h6,9,11,14-15H,3-5,7-8H2,1-2H3. The summed E-state index contributed by atoms with van der Waals surface area (Å²) in [7, 11) is 0. The first kappa shape index (κ1) is 12.1. The zero-order valence-electron chi connectivity index (χ0n) is 10.1. The van der Waals surface area contributed by atoms with Gasteiger partial charge in [0, 0.05) is 10.9 Å². The van der Waals surface area contributed by atoms with E-state index in [4.69, 9.17) is 0 Å². The van der Waals surface area contributed by atoms with Crippen molar-refractivity contribution in [1.29, 1.82) is 0 Å². The predicted molar refractivity (Wildman–Crippen MR) is 68.9 cm³/mol. The molecule has 0 saturated heterocycles. The van der Waals surface area contributed by atoms with Gasteiger partial charge in [0.1, 0.15) is 0 Å². The fourth-order valence-electron chi connectivity index (χ4n) is 2.25. The van der Waals surface area contributed by atoms with Crippen molar-refractivity contribution in [1.82, 2.24) is 5.32 Å². The molecule has 0 aliphatic heterocycles. The van der Waals surface area contributed by atoms with E-state index in [9.17, 15) is 5.11 Å². The molecule has 1 unspecified atom stereocenters. The molecular formula is C13H21NOS. The van der Waals surface area contributed by atoms with Crippen molar-refractivity contribution in [3.05, 3.63) is 21.9 Å². The summed E-state index contributed by atoms with van der Waals surface area (Å²) >= 11 is 1.88. The van der Waals surface area contributed by atoms with Crippen LogP contribution in [-0.2, 0) is 6.42 Å². The highest BCUT2D eigenvalue weighted by Crippen LogP contribution is 2.33. The van der Waals surface area contributed by atoms with Crippen LogP contribution in [0.15, 0.2) is 11.4 Å². The quantitative estimate of drug-likeness (QED) is 0.847. The largest absolute Gasteiger partial charge is 0.390 e. The summed E-state index contributed by atoms with van der Waals surface area (Å²) in [5.74, 6) is 0. The van der Waals surface area contributed by atoms with Crippen molar-refractivity contribution in [3.8, 4) is 0 Å². The summed E-state index contributed by atoms with van der Waals surface area (Å²) in [5.41, 5.74) is 0.936. The number of nitrogens with one attached hydrogen (secondary N) is 1. The van der Waals surface area contributed by atoms with E-state index in [1.54, 1.807) is 4.88 Å². The van der Waals surface area contributed by atoms with Crippen LogP contribution < -0.4 is 5.32 Å². The highest BCUT2D eigenvalue weighted by Gasteiger charge is 2.21. The van der Waals surface area contributed by atoms with E-state index >= 15 is 0 Å². The summed E-state index contributed by atoms with van der Waals surface area (Å²) < 4.78 is 0. The van der Waals surface area contributed by atoms with Crippen molar-refractivity contribution < 1.29 is 5.11 Å². The van der Waals surface area contributed by atoms with Gasteiger partial charge in [0.2, 0.25) is 0 Å². The molecule has 1 aromatic rings. The summed E-state index contributed by atoms with van der Waals surface area (Å²) in [6.45, 7) is 4.63. The Balaban J connectivity index is 1.88. The Morgan fingerprint density at radius 3 is 3.12 bits per heavy atom. The first-order valence-corrected chi connectivity index (χ1v) is 6.96. The fourth-order valence-corrected chi connectivity index (χ4v) is 3.24. The van der Waals surface area contributed by atoms with Gasteiger partial charge in [0.15, 0.2) is 0 Å². The van der Waals surface area contributed by atoms with Gasteiger partial charge in [0.25, 0.3) is 0 Å². The van der Waals surface area contributed by atoms with Crippen molar-refractivity contribution in [2.45, 2.75) is 51.2 Å². The first-order valence-electron chi connectivity index (χ1n) is 6.08. The van der Waals surface area contributed by atoms with E-state index < -0.39 is 5.60 Å². The minimum atomic E-state index is -0.556. The highest BCUT2D eigenvalue weighted by atomic mass is 32.1. The Morgan fingerprint density at radius 1 is 1.56 bits per heavy atom. The third kappa shape index (κ3) is 3.06. The second-order valence-electron chi connectivity index (χ2n) is 5.26. The Hall–Kier alpha value is -0.380. The van der Waals surface area contributed by atoms with Crippen LogP contribution in [0.4, 0.5) is 0 Å². The smallest absolute Gasteiger partial charge is 0.0603 e. The molecule has 2 nitrogen and oxygen atoms in total. The van der Waals surface area contributed by atoms with Crippen molar-refractivity contribution in [3.63, 3.8) is 0 Å². The molecular weight excluding hydrogens is 218 g/mol. The minimum absolute atomic E-state index is 0.511. The summed E-state index contributed by atoms with van der Waals surface area (Å²) in [4.78, 5) is 1.55. The normalized spacial score (nSPS) is 20.8. The molecule has 1 aliphatic rings. The van der Waals surface area contributed by atoms with Crippen molar-refractivity contribution >= 4 is 11.3 Å². The third-order valence-electron chi connectivity index (χ3n) is 3.18. The van der Waals surface area contributed by atoms with Crippen LogP contribution in [-0.4, -0.2) is 17.3 Å². The van der Waals surface area contributed by atoms with Gasteiger partial charge >= 0.3 is 0 Å². The number of thiophene rings is 1. The van der Waals surface area contributed by atoms with Crippen molar-refractivity contribution in [2.24, 2.45) is 0 Å². The van der Waals surface area contributed by atoms with Crippen LogP contribution in [0.5, 0.6) is 0 Å². The second-order valence-corrected chi connectivity index (χ2v) is 6.26. The molecule has 0 amide bonds. The van der Waals surface area contributed by atoms with Gasteiger partial charge in [0.05, 0.1) is 5.60 Å². The lowest BCUT2D eigenvalue weighted by Gasteiger charge is -2.25. The molecule has 0 fully saturated rings. The number of fused-ring (bicyclic) bond motifs is 1. The Morgan fingerprint density at radius 2 is 2.38 bits per heavy atom. The minimum Gasteiger partial charge on any atom is -0.390 e. The van der Waals surface area contributed by atoms with E-state index in [2.05, 4.69) is 16.8 Å². The van der Waals surface area contributed by atoms with Crippen LogP contribution in [0.25, 0.3) is 0 Å². The maximum atomic E-state index is 9.66. The van der Waals surface area contributed by atoms with Crippen molar-refractivity contribution in [2.75, 3.05) is 6.54 Å². The summed E-state index contributed by atoms with van der Waals surface area (Å²) in [6, 6.07) is 2.76. The van der Waals surface area contributed by atoms with Gasteiger partial charge in [-0.25, -0.2) is 0 Å². The number of aliphatic hydroxyl groups is 1. The van der Waals surface area contributed by atoms with Crippen LogP contribution in [0.2, 0.25) is 0 Å². The maximum Gasteiger partial charge on any atom is 0.0603 e. The van der Waals surface area contributed by atoms with E-state index in [0.717, 1.165) is 13.0 Å². The molecule has 3 heteroatoms. The molecule has 0 spiro atoms. The molecule has 90 valence electrons. The SMILES string of the molecule is CC(C)(O)CCNC1CCCc2sccc21. The predicted octanol–water partition coefficient (Wildman–Crippen LogP) is 2.88. The molecule has 0 bridgehead atoms. The molecule has 0 aromatic carbocycles. The average molecular weight is 239 g/mol. The van der Waals surface area contributed by atoms with Gasteiger partial charge in [-0.2, -0.15) is 0 Å². The second kappa shape index (κ2) is 4.86. The van der Waals surface area contributed by atoms with Gasteiger partial charge in [-0.05, 0) is 63.1 Å². The fraction of sp³-hybridized carbons (Fsp3) is 0.692. The Bertz CT molecular complexity index is 340. The van der Waals surface area contributed by atoms with Gasteiger partial charge in [-0.3, -0.25) is 0 Å². The van der Waals surface area contributed by atoms with Crippen LogP contribution in [0, 0.1) is 0 Å². The van der Waals surface area contributed by atoms with E-state index in [1.165, 1.54) is 24.8 Å². The van der Waals surface area contributed by atoms with E-state index in [1.807, 2.05) is 25.2 Å². The molecule has 0 saturated carbocycles. The van der Waals surface area contributed by atoms with E-state index in [-0.39, 0.29) is 0 Å². The maximum absolute atomic E-state index is 9.66. The molecule has 1 atom stereocenters. The molecule has 16 heavy (non-hydrogen) atoms. The number of hydrogen-bond donors (Lipinski definition) is 2. The lowest BCUT2D eigenvalue weighted by molar-refractivity contribution is 0.0701. The molecule has 2 rings (SSSR count). The van der Waals surface area contributed by atoms with E-state index in [0.29, 0.717) is 6.04 Å². The zero-order chi connectivity index (χ0) is 11.6. The first-order chi connectivity index (χ1) is 7.56. The topological polar surface area (TPSA) is 32.3 Å². The summed E-state index contributed by atoms with van der Waals surface area (Å²) in [6.07, 6.45) is 4.57. The highest BCUT2D eigenvalue weighted by molar-refractivity contribution is 7.10.